The molecule has 0 amide bonds. The summed E-state index contributed by atoms with van der Waals surface area (Å²) in [5, 5.41) is 11.9. The normalized spacial score (nSPS) is 12.5. The van der Waals surface area contributed by atoms with Gasteiger partial charge in [0, 0.05) is 13.6 Å². The van der Waals surface area contributed by atoms with Crippen molar-refractivity contribution in [3.63, 3.8) is 0 Å². The molecular formula is C10H15NO2S. The summed E-state index contributed by atoms with van der Waals surface area (Å²) in [5.74, 6) is -1.08. The van der Waals surface area contributed by atoms with Crippen LogP contribution in [0.25, 0.3) is 0 Å². The maximum absolute atomic E-state index is 10.7. The molecule has 1 aromatic rings. The van der Waals surface area contributed by atoms with Gasteiger partial charge in [0.05, 0.1) is 10.9 Å². The highest BCUT2D eigenvalue weighted by Crippen LogP contribution is 2.26. The number of anilines is 1. The minimum Gasteiger partial charge on any atom is -0.481 e. The van der Waals surface area contributed by atoms with Gasteiger partial charge < -0.3 is 10.0 Å². The molecule has 78 valence electrons. The number of carboxylic acids is 1. The Kier molecular flexibility index (Phi) is 3.52. The van der Waals surface area contributed by atoms with Gasteiger partial charge in [-0.05, 0) is 23.9 Å². The van der Waals surface area contributed by atoms with Crippen molar-refractivity contribution in [2.45, 2.75) is 13.8 Å². The lowest BCUT2D eigenvalue weighted by Crippen LogP contribution is -2.28. The second-order valence-electron chi connectivity index (χ2n) is 3.53. The first-order valence-electron chi connectivity index (χ1n) is 4.50. The van der Waals surface area contributed by atoms with Crippen molar-refractivity contribution >= 4 is 22.3 Å². The molecule has 0 aliphatic heterocycles. The molecule has 14 heavy (non-hydrogen) atoms. The summed E-state index contributed by atoms with van der Waals surface area (Å²) in [5.41, 5.74) is 1.20. The van der Waals surface area contributed by atoms with E-state index in [1.54, 1.807) is 18.3 Å². The predicted molar refractivity (Wildman–Crippen MR) is 59.1 cm³/mol. The van der Waals surface area contributed by atoms with E-state index in [2.05, 4.69) is 0 Å². The number of aliphatic carboxylic acids is 1. The van der Waals surface area contributed by atoms with Crippen molar-refractivity contribution in [1.29, 1.82) is 0 Å². The van der Waals surface area contributed by atoms with Crippen molar-refractivity contribution in [1.82, 2.24) is 0 Å². The monoisotopic (exact) mass is 213 g/mol. The van der Waals surface area contributed by atoms with Crippen LogP contribution >= 0.6 is 11.3 Å². The molecule has 1 unspecified atom stereocenters. The fourth-order valence-electron chi connectivity index (χ4n) is 1.33. The molecule has 0 aliphatic carbocycles. The Labute approximate surface area is 88.0 Å². The average Bonchev–Trinajstić information content (AvgIpc) is 2.51. The van der Waals surface area contributed by atoms with Crippen molar-refractivity contribution in [3.8, 4) is 0 Å². The van der Waals surface area contributed by atoms with Gasteiger partial charge >= 0.3 is 5.97 Å². The van der Waals surface area contributed by atoms with Crippen LogP contribution in [0.5, 0.6) is 0 Å². The van der Waals surface area contributed by atoms with Gasteiger partial charge in [-0.3, -0.25) is 4.79 Å². The lowest BCUT2D eigenvalue weighted by atomic mass is 10.2. The second-order valence-corrected chi connectivity index (χ2v) is 4.42. The SMILES string of the molecule is Cc1ccsc1N(C)CC(C)C(=O)O. The zero-order valence-corrected chi connectivity index (χ0v) is 9.47. The second kappa shape index (κ2) is 4.46. The molecule has 0 radical (unpaired) electrons. The van der Waals surface area contributed by atoms with Crippen molar-refractivity contribution in [2.75, 3.05) is 18.5 Å². The van der Waals surface area contributed by atoms with Gasteiger partial charge in [0.25, 0.3) is 0 Å². The number of thiophene rings is 1. The fourth-order valence-corrected chi connectivity index (χ4v) is 2.24. The highest BCUT2D eigenvalue weighted by molar-refractivity contribution is 7.14. The van der Waals surface area contributed by atoms with E-state index in [4.69, 9.17) is 5.11 Å². The van der Waals surface area contributed by atoms with E-state index in [0.717, 1.165) is 5.00 Å². The molecule has 1 N–H and O–H groups in total. The average molecular weight is 213 g/mol. The van der Waals surface area contributed by atoms with Crippen molar-refractivity contribution in [3.05, 3.63) is 17.0 Å². The topological polar surface area (TPSA) is 40.5 Å². The number of carboxylic acid groups (broad SMARTS) is 1. The predicted octanol–water partition coefficient (Wildman–Crippen LogP) is 2.21. The van der Waals surface area contributed by atoms with E-state index < -0.39 is 5.97 Å². The molecule has 1 aromatic heterocycles. The zero-order valence-electron chi connectivity index (χ0n) is 8.65. The van der Waals surface area contributed by atoms with Gasteiger partial charge in [0.1, 0.15) is 0 Å². The van der Waals surface area contributed by atoms with Crippen LogP contribution in [-0.4, -0.2) is 24.7 Å². The Morgan fingerprint density at radius 2 is 2.36 bits per heavy atom. The van der Waals surface area contributed by atoms with Gasteiger partial charge in [-0.15, -0.1) is 11.3 Å². The van der Waals surface area contributed by atoms with Gasteiger partial charge in [0.15, 0.2) is 0 Å². The van der Waals surface area contributed by atoms with Crippen molar-refractivity contribution < 1.29 is 9.90 Å². The van der Waals surface area contributed by atoms with Crippen LogP contribution in [0, 0.1) is 12.8 Å². The number of nitrogens with zero attached hydrogens (tertiary/aromatic N) is 1. The lowest BCUT2D eigenvalue weighted by molar-refractivity contribution is -0.140. The molecule has 0 aliphatic rings. The van der Waals surface area contributed by atoms with Crippen molar-refractivity contribution in [2.24, 2.45) is 5.92 Å². The smallest absolute Gasteiger partial charge is 0.308 e. The van der Waals surface area contributed by atoms with Gasteiger partial charge in [-0.25, -0.2) is 0 Å². The first-order valence-corrected chi connectivity index (χ1v) is 5.38. The third-order valence-corrected chi connectivity index (χ3v) is 3.28. The van der Waals surface area contributed by atoms with Gasteiger partial charge in [-0.1, -0.05) is 6.92 Å². The number of rotatable bonds is 4. The maximum atomic E-state index is 10.7. The Hall–Kier alpha value is -1.03. The number of hydrogen-bond acceptors (Lipinski definition) is 3. The van der Waals surface area contributed by atoms with E-state index in [1.165, 1.54) is 5.56 Å². The molecule has 0 aromatic carbocycles. The summed E-state index contributed by atoms with van der Waals surface area (Å²) in [6.45, 7) is 4.31. The van der Waals surface area contributed by atoms with Crippen LogP contribution in [0.2, 0.25) is 0 Å². The molecule has 4 heteroatoms. The zero-order chi connectivity index (χ0) is 10.7. The fraction of sp³-hybridized carbons (Fsp3) is 0.500. The first kappa shape index (κ1) is 11.0. The van der Waals surface area contributed by atoms with Crippen LogP contribution < -0.4 is 4.90 Å². The molecule has 1 heterocycles. The molecular weight excluding hydrogens is 198 g/mol. The lowest BCUT2D eigenvalue weighted by Gasteiger charge is -2.20. The standard InChI is InChI=1S/C10H15NO2S/c1-7-4-5-14-9(7)11(3)6-8(2)10(12)13/h4-5,8H,6H2,1-3H3,(H,12,13). The minimum atomic E-state index is -0.744. The quantitative estimate of drug-likeness (QED) is 0.833. The summed E-state index contributed by atoms with van der Waals surface area (Å²) in [7, 11) is 1.93. The largest absolute Gasteiger partial charge is 0.481 e. The first-order chi connectivity index (χ1) is 6.52. The number of carbonyl (C=O) groups is 1. The third-order valence-electron chi connectivity index (χ3n) is 2.15. The molecule has 0 fully saturated rings. The number of aryl methyl sites for hydroxylation is 1. The summed E-state index contributed by atoms with van der Waals surface area (Å²) < 4.78 is 0. The molecule has 1 atom stereocenters. The van der Waals surface area contributed by atoms with Crippen LogP contribution in [0.15, 0.2) is 11.4 Å². The Balaban J connectivity index is 2.63. The third kappa shape index (κ3) is 2.48. The minimum absolute atomic E-state index is 0.332. The highest BCUT2D eigenvalue weighted by atomic mass is 32.1. The summed E-state index contributed by atoms with van der Waals surface area (Å²) >= 11 is 1.64. The van der Waals surface area contributed by atoms with Gasteiger partial charge in [-0.2, -0.15) is 0 Å². The Morgan fingerprint density at radius 3 is 2.79 bits per heavy atom. The van der Waals surface area contributed by atoms with Crippen LogP contribution in [0.1, 0.15) is 12.5 Å². The van der Waals surface area contributed by atoms with E-state index in [-0.39, 0.29) is 5.92 Å². The van der Waals surface area contributed by atoms with E-state index in [0.29, 0.717) is 6.54 Å². The van der Waals surface area contributed by atoms with E-state index in [1.807, 2.05) is 30.3 Å². The van der Waals surface area contributed by atoms with Crippen LogP contribution in [0.4, 0.5) is 5.00 Å². The molecule has 0 spiro atoms. The summed E-state index contributed by atoms with van der Waals surface area (Å²) in [6.07, 6.45) is 0. The van der Waals surface area contributed by atoms with Crippen LogP contribution in [-0.2, 0) is 4.79 Å². The molecule has 0 saturated carbocycles. The molecule has 0 bridgehead atoms. The number of hydrogen-bond donors (Lipinski definition) is 1. The molecule has 3 nitrogen and oxygen atoms in total. The molecule has 0 saturated heterocycles. The summed E-state index contributed by atoms with van der Waals surface area (Å²) in [4.78, 5) is 12.7. The Morgan fingerprint density at radius 1 is 1.71 bits per heavy atom. The van der Waals surface area contributed by atoms with Gasteiger partial charge in [0.2, 0.25) is 0 Å². The van der Waals surface area contributed by atoms with E-state index >= 15 is 0 Å². The van der Waals surface area contributed by atoms with E-state index in [9.17, 15) is 4.79 Å². The Bertz CT molecular complexity index is 322. The van der Waals surface area contributed by atoms with Crippen LogP contribution in [0.3, 0.4) is 0 Å². The highest BCUT2D eigenvalue weighted by Gasteiger charge is 2.15. The summed E-state index contributed by atoms with van der Waals surface area (Å²) in [6, 6.07) is 2.04. The maximum Gasteiger partial charge on any atom is 0.308 e. The molecule has 1 rings (SSSR count).